The number of hydrogen-bond donors (Lipinski definition) is 1. The van der Waals surface area contributed by atoms with E-state index in [0.717, 1.165) is 52.1 Å². The van der Waals surface area contributed by atoms with Crippen LogP contribution < -0.4 is 5.73 Å². The van der Waals surface area contributed by atoms with E-state index in [2.05, 4.69) is 4.90 Å². The molecular formula is C14H28N4O2. The summed E-state index contributed by atoms with van der Waals surface area (Å²) in [6.07, 6.45) is 3.22. The van der Waals surface area contributed by atoms with Gasteiger partial charge < -0.3 is 20.3 Å². The second kappa shape index (κ2) is 7.24. The van der Waals surface area contributed by atoms with Crippen LogP contribution in [0.5, 0.6) is 0 Å². The smallest absolute Gasteiger partial charge is 0.319 e. The Hall–Kier alpha value is -0.850. The van der Waals surface area contributed by atoms with Crippen LogP contribution in [0.15, 0.2) is 0 Å². The number of carbonyl (C=O) groups excluding carboxylic acids is 1. The van der Waals surface area contributed by atoms with Gasteiger partial charge in [-0.15, -0.1) is 0 Å². The highest BCUT2D eigenvalue weighted by atomic mass is 16.5. The summed E-state index contributed by atoms with van der Waals surface area (Å²) in [6, 6.07) is 1.13. The molecule has 0 aromatic rings. The predicted octanol–water partition coefficient (Wildman–Crippen LogP) is 0.182. The molecule has 0 aliphatic carbocycles. The van der Waals surface area contributed by atoms with Crippen LogP contribution in [0.2, 0.25) is 0 Å². The number of nitrogens with two attached hydrogens (primary N) is 1. The first-order valence-electron chi connectivity index (χ1n) is 7.63. The Bertz CT molecular complexity index is 318. The number of carbonyl (C=O) groups is 1. The molecule has 2 aliphatic rings. The van der Waals surface area contributed by atoms with Crippen LogP contribution in [0, 0.1) is 0 Å². The van der Waals surface area contributed by atoms with Gasteiger partial charge in [0.15, 0.2) is 0 Å². The standard InChI is InChI=1S/C14H28N4O2/c1-16(2)14(19)17-7-3-13(11-17)18(8-6-15)12-4-9-20-10-5-12/h12-13H,3-11,15H2,1-2H3. The van der Waals surface area contributed by atoms with E-state index < -0.39 is 0 Å². The lowest BCUT2D eigenvalue weighted by molar-refractivity contribution is 0.0197. The molecule has 0 spiro atoms. The van der Waals surface area contributed by atoms with Crippen LogP contribution in [0.4, 0.5) is 4.79 Å². The van der Waals surface area contributed by atoms with Crippen molar-refractivity contribution >= 4 is 6.03 Å². The van der Waals surface area contributed by atoms with Crippen molar-refractivity contribution < 1.29 is 9.53 Å². The highest BCUT2D eigenvalue weighted by molar-refractivity contribution is 5.74. The number of likely N-dealkylation sites (tertiary alicyclic amines) is 1. The van der Waals surface area contributed by atoms with Crippen LogP contribution in [0.25, 0.3) is 0 Å². The van der Waals surface area contributed by atoms with Gasteiger partial charge in [0.1, 0.15) is 0 Å². The second-order valence-corrected chi connectivity index (χ2v) is 5.94. The van der Waals surface area contributed by atoms with Crippen LogP contribution in [0.3, 0.4) is 0 Å². The van der Waals surface area contributed by atoms with Crippen molar-refractivity contribution in [3.05, 3.63) is 0 Å². The molecular weight excluding hydrogens is 256 g/mol. The Morgan fingerprint density at radius 2 is 1.95 bits per heavy atom. The minimum absolute atomic E-state index is 0.118. The third-order valence-corrected chi connectivity index (χ3v) is 4.33. The van der Waals surface area contributed by atoms with E-state index in [-0.39, 0.29) is 6.03 Å². The number of urea groups is 1. The Kier molecular flexibility index (Phi) is 5.63. The normalized spacial score (nSPS) is 24.4. The molecule has 2 rings (SSSR count). The zero-order valence-electron chi connectivity index (χ0n) is 12.8. The van der Waals surface area contributed by atoms with Crippen molar-refractivity contribution in [3.8, 4) is 0 Å². The van der Waals surface area contributed by atoms with Gasteiger partial charge in [-0.25, -0.2) is 4.79 Å². The van der Waals surface area contributed by atoms with E-state index >= 15 is 0 Å². The molecule has 0 bridgehead atoms. The second-order valence-electron chi connectivity index (χ2n) is 5.94. The fourth-order valence-electron chi connectivity index (χ4n) is 3.30. The molecule has 0 radical (unpaired) electrons. The summed E-state index contributed by atoms with van der Waals surface area (Å²) in [5.41, 5.74) is 5.78. The Balaban J connectivity index is 1.94. The molecule has 2 heterocycles. The monoisotopic (exact) mass is 284 g/mol. The lowest BCUT2D eigenvalue weighted by Crippen LogP contribution is -2.49. The number of amides is 2. The molecule has 1 unspecified atom stereocenters. The Morgan fingerprint density at radius 3 is 2.55 bits per heavy atom. The highest BCUT2D eigenvalue weighted by Crippen LogP contribution is 2.23. The average molecular weight is 284 g/mol. The molecule has 2 fully saturated rings. The number of ether oxygens (including phenoxy) is 1. The summed E-state index contributed by atoms with van der Waals surface area (Å²) in [7, 11) is 3.62. The number of hydrogen-bond acceptors (Lipinski definition) is 4. The van der Waals surface area contributed by atoms with Gasteiger partial charge in [-0.05, 0) is 19.3 Å². The minimum Gasteiger partial charge on any atom is -0.381 e. The van der Waals surface area contributed by atoms with Crippen molar-refractivity contribution in [2.45, 2.75) is 31.3 Å². The van der Waals surface area contributed by atoms with E-state index in [1.807, 2.05) is 19.0 Å². The average Bonchev–Trinajstić information content (AvgIpc) is 2.94. The van der Waals surface area contributed by atoms with Gasteiger partial charge in [0.2, 0.25) is 0 Å². The van der Waals surface area contributed by atoms with Gasteiger partial charge >= 0.3 is 6.03 Å². The van der Waals surface area contributed by atoms with Crippen molar-refractivity contribution in [2.24, 2.45) is 5.73 Å². The quantitative estimate of drug-likeness (QED) is 0.800. The van der Waals surface area contributed by atoms with Crippen LogP contribution >= 0.6 is 0 Å². The molecule has 1 atom stereocenters. The fraction of sp³-hybridized carbons (Fsp3) is 0.929. The van der Waals surface area contributed by atoms with Crippen LogP contribution in [0.1, 0.15) is 19.3 Å². The van der Waals surface area contributed by atoms with Crippen molar-refractivity contribution in [2.75, 3.05) is 53.5 Å². The first kappa shape index (κ1) is 15.5. The summed E-state index contributed by atoms with van der Waals surface area (Å²) >= 11 is 0. The third-order valence-electron chi connectivity index (χ3n) is 4.33. The third kappa shape index (κ3) is 3.62. The zero-order valence-corrected chi connectivity index (χ0v) is 12.8. The first-order chi connectivity index (χ1) is 9.63. The lowest BCUT2D eigenvalue weighted by Gasteiger charge is -2.38. The fourth-order valence-corrected chi connectivity index (χ4v) is 3.30. The largest absolute Gasteiger partial charge is 0.381 e. The molecule has 0 aromatic heterocycles. The number of rotatable bonds is 4. The molecule has 2 N–H and O–H groups in total. The van der Waals surface area contributed by atoms with Gasteiger partial charge in [-0.3, -0.25) is 4.90 Å². The summed E-state index contributed by atoms with van der Waals surface area (Å²) < 4.78 is 5.45. The van der Waals surface area contributed by atoms with Crippen LogP contribution in [-0.2, 0) is 4.74 Å². The summed E-state index contributed by atoms with van der Waals surface area (Å²) in [5.74, 6) is 0. The molecule has 6 heteroatoms. The van der Waals surface area contributed by atoms with Crippen molar-refractivity contribution in [1.82, 2.24) is 14.7 Å². The SMILES string of the molecule is CN(C)C(=O)N1CCC(N(CCN)C2CCOCC2)C1. The molecule has 2 saturated heterocycles. The van der Waals surface area contributed by atoms with Crippen molar-refractivity contribution in [1.29, 1.82) is 0 Å². The molecule has 2 aliphatic heterocycles. The Morgan fingerprint density at radius 1 is 1.25 bits per heavy atom. The molecule has 116 valence electrons. The van der Waals surface area contributed by atoms with E-state index in [4.69, 9.17) is 10.5 Å². The Labute approximate surface area is 121 Å². The van der Waals surface area contributed by atoms with E-state index in [1.165, 1.54) is 0 Å². The van der Waals surface area contributed by atoms with Crippen LogP contribution in [-0.4, -0.2) is 86.3 Å². The number of nitrogens with zero attached hydrogens (tertiary/aromatic N) is 3. The van der Waals surface area contributed by atoms with Gasteiger partial charge in [0.05, 0.1) is 0 Å². The lowest BCUT2D eigenvalue weighted by atomic mass is 10.0. The van der Waals surface area contributed by atoms with E-state index in [0.29, 0.717) is 18.6 Å². The summed E-state index contributed by atoms with van der Waals surface area (Å²) in [6.45, 7) is 4.97. The van der Waals surface area contributed by atoms with E-state index in [1.54, 1.807) is 4.90 Å². The molecule has 0 saturated carbocycles. The van der Waals surface area contributed by atoms with Gasteiger partial charge in [0, 0.05) is 65.6 Å². The van der Waals surface area contributed by atoms with E-state index in [9.17, 15) is 4.79 Å². The van der Waals surface area contributed by atoms with Gasteiger partial charge in [-0.2, -0.15) is 0 Å². The molecule has 6 nitrogen and oxygen atoms in total. The highest BCUT2D eigenvalue weighted by Gasteiger charge is 2.34. The predicted molar refractivity (Wildman–Crippen MR) is 78.7 cm³/mol. The van der Waals surface area contributed by atoms with Gasteiger partial charge in [-0.1, -0.05) is 0 Å². The molecule has 0 aromatic carbocycles. The molecule has 20 heavy (non-hydrogen) atoms. The minimum atomic E-state index is 0.118. The van der Waals surface area contributed by atoms with Gasteiger partial charge in [0.25, 0.3) is 0 Å². The molecule has 2 amide bonds. The summed E-state index contributed by atoms with van der Waals surface area (Å²) in [5, 5.41) is 0. The maximum Gasteiger partial charge on any atom is 0.319 e. The van der Waals surface area contributed by atoms with Crippen molar-refractivity contribution in [3.63, 3.8) is 0 Å². The maximum atomic E-state index is 12.0. The maximum absolute atomic E-state index is 12.0. The summed E-state index contributed by atoms with van der Waals surface area (Å²) in [4.78, 5) is 18.2. The topological polar surface area (TPSA) is 62.0 Å². The zero-order chi connectivity index (χ0) is 14.5. The first-order valence-corrected chi connectivity index (χ1v) is 7.63.